The lowest BCUT2D eigenvalue weighted by Gasteiger charge is -2.17. The Kier molecular flexibility index (Phi) is 4.58. The lowest BCUT2D eigenvalue weighted by molar-refractivity contribution is 0.872. The van der Waals surface area contributed by atoms with Crippen molar-refractivity contribution in [1.82, 2.24) is 9.97 Å². The van der Waals surface area contributed by atoms with Gasteiger partial charge in [0, 0.05) is 17.3 Å². The van der Waals surface area contributed by atoms with E-state index in [9.17, 15) is 0 Å². The fourth-order valence-electron chi connectivity index (χ4n) is 1.82. The largest absolute Gasteiger partial charge is 0.383 e. The van der Waals surface area contributed by atoms with Gasteiger partial charge in [0.1, 0.15) is 18.0 Å². The predicted octanol–water partition coefficient (Wildman–Crippen LogP) is 1.85. The third-order valence-electron chi connectivity index (χ3n) is 2.90. The minimum Gasteiger partial charge on any atom is -0.383 e. The molecule has 0 aliphatic rings. The zero-order chi connectivity index (χ0) is 14.5. The van der Waals surface area contributed by atoms with Crippen LogP contribution in [0.5, 0.6) is 0 Å². The standard InChI is InChI=1S/C13H15BClN5/c1-8(9-2-4-10(15)5-3-9)20-13-11(6-19-14)12(16)17-7-18-13/h2-8H,14H2,1H3,(H3,16,17,18,20)/b19-6+. The molecule has 0 amide bonds. The summed E-state index contributed by atoms with van der Waals surface area (Å²) in [6, 6.07) is 7.72. The van der Waals surface area contributed by atoms with Gasteiger partial charge in [-0.3, -0.25) is 0 Å². The van der Waals surface area contributed by atoms with Gasteiger partial charge in [0.15, 0.2) is 0 Å². The second-order valence-electron chi connectivity index (χ2n) is 4.33. The molecule has 1 unspecified atom stereocenters. The molecular formula is C13H15BClN5. The number of benzene rings is 1. The minimum atomic E-state index is 0.0607. The Balaban J connectivity index is 2.25. The highest BCUT2D eigenvalue weighted by molar-refractivity contribution is 6.30. The monoisotopic (exact) mass is 287 g/mol. The maximum atomic E-state index is 5.89. The van der Waals surface area contributed by atoms with Gasteiger partial charge in [0.05, 0.1) is 5.56 Å². The summed E-state index contributed by atoms with van der Waals surface area (Å²) in [6.07, 6.45) is 3.07. The number of hydrogen-bond donors (Lipinski definition) is 2. The number of anilines is 2. The molecule has 0 saturated heterocycles. The molecule has 3 N–H and O–H groups in total. The van der Waals surface area contributed by atoms with E-state index in [1.54, 1.807) is 14.2 Å². The maximum absolute atomic E-state index is 5.89. The molecule has 0 radical (unpaired) electrons. The molecule has 1 heterocycles. The Hall–Kier alpha value is -2.08. The summed E-state index contributed by atoms with van der Waals surface area (Å²) in [6.45, 7) is 2.04. The van der Waals surface area contributed by atoms with E-state index >= 15 is 0 Å². The second kappa shape index (κ2) is 6.39. The van der Waals surface area contributed by atoms with E-state index in [0.29, 0.717) is 22.2 Å². The van der Waals surface area contributed by atoms with Crippen molar-refractivity contribution in [2.45, 2.75) is 13.0 Å². The van der Waals surface area contributed by atoms with Gasteiger partial charge in [-0.2, -0.15) is 0 Å². The summed E-state index contributed by atoms with van der Waals surface area (Å²) in [5, 5.41) is 4.02. The molecule has 2 rings (SSSR count). The normalized spacial score (nSPS) is 12.5. The van der Waals surface area contributed by atoms with Crippen LogP contribution < -0.4 is 11.1 Å². The molecule has 0 aliphatic heterocycles. The highest BCUT2D eigenvalue weighted by Gasteiger charge is 2.11. The third-order valence-corrected chi connectivity index (χ3v) is 3.15. The van der Waals surface area contributed by atoms with Crippen molar-refractivity contribution in [3.8, 4) is 0 Å². The molecule has 1 atom stereocenters. The fourth-order valence-corrected chi connectivity index (χ4v) is 1.95. The molecular weight excluding hydrogens is 272 g/mol. The number of rotatable bonds is 4. The molecule has 0 spiro atoms. The molecule has 1 aromatic carbocycles. The van der Waals surface area contributed by atoms with Gasteiger partial charge in [-0.15, -0.1) is 0 Å². The number of nitrogens with two attached hydrogens (primary N) is 1. The minimum absolute atomic E-state index is 0.0607. The van der Waals surface area contributed by atoms with E-state index in [1.807, 2.05) is 31.2 Å². The second-order valence-corrected chi connectivity index (χ2v) is 4.76. The van der Waals surface area contributed by atoms with Gasteiger partial charge in [0.2, 0.25) is 7.98 Å². The van der Waals surface area contributed by atoms with Gasteiger partial charge in [-0.05, 0) is 24.6 Å². The molecule has 20 heavy (non-hydrogen) atoms. The van der Waals surface area contributed by atoms with E-state index in [1.165, 1.54) is 6.33 Å². The van der Waals surface area contributed by atoms with Crippen molar-refractivity contribution in [3.63, 3.8) is 0 Å². The van der Waals surface area contributed by atoms with Crippen molar-refractivity contribution in [2.75, 3.05) is 11.1 Å². The van der Waals surface area contributed by atoms with Gasteiger partial charge in [0.25, 0.3) is 0 Å². The van der Waals surface area contributed by atoms with Gasteiger partial charge in [-0.25, -0.2) is 9.97 Å². The van der Waals surface area contributed by atoms with E-state index in [4.69, 9.17) is 17.3 Å². The predicted molar refractivity (Wildman–Crippen MR) is 86.1 cm³/mol. The average Bonchev–Trinajstić information content (AvgIpc) is 2.43. The van der Waals surface area contributed by atoms with Crippen LogP contribution in [0.1, 0.15) is 24.1 Å². The Morgan fingerprint density at radius 3 is 2.70 bits per heavy atom. The summed E-state index contributed by atoms with van der Waals surface area (Å²) in [5.74, 6) is 1.06. The third kappa shape index (κ3) is 3.27. The molecule has 0 aliphatic carbocycles. The van der Waals surface area contributed by atoms with Crippen LogP contribution in [0.25, 0.3) is 0 Å². The topological polar surface area (TPSA) is 76.2 Å². The maximum Gasteiger partial charge on any atom is 0.244 e. The van der Waals surface area contributed by atoms with Gasteiger partial charge < -0.3 is 16.0 Å². The molecule has 7 heteroatoms. The fraction of sp³-hybridized carbons (Fsp3) is 0.154. The highest BCUT2D eigenvalue weighted by atomic mass is 35.5. The van der Waals surface area contributed by atoms with E-state index in [2.05, 4.69) is 20.2 Å². The van der Waals surface area contributed by atoms with Crippen LogP contribution in [0.15, 0.2) is 35.5 Å². The summed E-state index contributed by atoms with van der Waals surface area (Å²) in [7, 11) is 1.68. The Labute approximate surface area is 123 Å². The first-order chi connectivity index (χ1) is 9.61. The summed E-state index contributed by atoms with van der Waals surface area (Å²) >= 11 is 5.89. The van der Waals surface area contributed by atoms with Crippen LogP contribution >= 0.6 is 11.6 Å². The zero-order valence-corrected chi connectivity index (χ0v) is 12.1. The Bertz CT molecular complexity index is 615. The quantitative estimate of drug-likeness (QED) is 0.665. The molecule has 0 saturated carbocycles. The summed E-state index contributed by atoms with van der Waals surface area (Å²) in [4.78, 5) is 12.2. The van der Waals surface area contributed by atoms with Crippen molar-refractivity contribution in [2.24, 2.45) is 4.90 Å². The van der Waals surface area contributed by atoms with Crippen LogP contribution in [-0.4, -0.2) is 24.2 Å². The van der Waals surface area contributed by atoms with Crippen molar-refractivity contribution < 1.29 is 0 Å². The number of halogens is 1. The number of aromatic nitrogens is 2. The number of nitrogen functional groups attached to an aromatic ring is 1. The molecule has 1 aromatic heterocycles. The summed E-state index contributed by atoms with van der Waals surface area (Å²) < 4.78 is 0. The van der Waals surface area contributed by atoms with Crippen LogP contribution in [0.3, 0.4) is 0 Å². The first-order valence-electron chi connectivity index (χ1n) is 6.16. The SMILES string of the molecule is B/N=C/c1c(N)ncnc1NC(C)c1ccc(Cl)cc1. The van der Waals surface area contributed by atoms with E-state index < -0.39 is 0 Å². The van der Waals surface area contributed by atoms with Crippen molar-refractivity contribution in [3.05, 3.63) is 46.7 Å². The first kappa shape index (κ1) is 14.3. The number of hydrogen-bond acceptors (Lipinski definition) is 5. The molecule has 5 nitrogen and oxygen atoms in total. The lowest BCUT2D eigenvalue weighted by atomic mass is 10.1. The summed E-state index contributed by atoms with van der Waals surface area (Å²) in [5.41, 5.74) is 7.64. The zero-order valence-electron chi connectivity index (χ0n) is 11.3. The Morgan fingerprint density at radius 2 is 2.05 bits per heavy atom. The van der Waals surface area contributed by atoms with Gasteiger partial charge >= 0.3 is 0 Å². The first-order valence-corrected chi connectivity index (χ1v) is 6.54. The van der Waals surface area contributed by atoms with E-state index in [-0.39, 0.29) is 6.04 Å². The smallest absolute Gasteiger partial charge is 0.244 e. The van der Waals surface area contributed by atoms with Crippen LogP contribution in [0.2, 0.25) is 5.02 Å². The Morgan fingerprint density at radius 1 is 1.35 bits per heavy atom. The lowest BCUT2D eigenvalue weighted by Crippen LogP contribution is -2.12. The van der Waals surface area contributed by atoms with Crippen LogP contribution in [0.4, 0.5) is 11.6 Å². The molecule has 0 bridgehead atoms. The van der Waals surface area contributed by atoms with Crippen molar-refractivity contribution in [1.29, 1.82) is 0 Å². The number of nitrogens with zero attached hydrogens (tertiary/aromatic N) is 3. The van der Waals surface area contributed by atoms with E-state index in [0.717, 1.165) is 5.56 Å². The van der Waals surface area contributed by atoms with Gasteiger partial charge in [-0.1, -0.05) is 23.7 Å². The molecule has 102 valence electrons. The number of nitrogens with one attached hydrogen (secondary N) is 1. The highest BCUT2D eigenvalue weighted by Crippen LogP contribution is 2.22. The van der Waals surface area contributed by atoms with Crippen molar-refractivity contribution >= 4 is 37.4 Å². The van der Waals surface area contributed by atoms with Crippen LogP contribution in [0, 0.1) is 0 Å². The average molecular weight is 288 g/mol. The van der Waals surface area contributed by atoms with Crippen LogP contribution in [-0.2, 0) is 0 Å². The molecule has 0 fully saturated rings. The molecule has 2 aromatic rings.